The molecule has 1 fully saturated rings. The lowest BCUT2D eigenvalue weighted by atomic mass is 9.67. The zero-order valence-corrected chi connectivity index (χ0v) is 37.1. The lowest BCUT2D eigenvalue weighted by Crippen LogP contribution is -2.28. The van der Waals surface area contributed by atoms with Crippen LogP contribution in [0.25, 0.3) is 100 Å². The number of rotatable bonds is 8. The van der Waals surface area contributed by atoms with Crippen LogP contribution in [-0.4, -0.2) is 0 Å². The lowest BCUT2D eigenvalue weighted by Gasteiger charge is -2.36. The third-order valence-corrected chi connectivity index (χ3v) is 14.6. The molecule has 0 heterocycles. The maximum absolute atomic E-state index is 2.54. The van der Waals surface area contributed by atoms with Crippen LogP contribution in [0.4, 0.5) is 0 Å². The van der Waals surface area contributed by atoms with E-state index in [2.05, 4.69) is 243 Å². The molecule has 1 spiro atoms. The molecule has 0 heteroatoms. The summed E-state index contributed by atoms with van der Waals surface area (Å²) in [6, 6.07) is 89.9. The highest BCUT2D eigenvalue weighted by molar-refractivity contribution is 5.94. The summed E-state index contributed by atoms with van der Waals surface area (Å²) in [7, 11) is 0. The zero-order chi connectivity index (χ0) is 43.9. The van der Waals surface area contributed by atoms with Gasteiger partial charge >= 0.3 is 0 Å². The molecule has 314 valence electrons. The molecule has 0 aromatic heterocycles. The highest BCUT2D eigenvalue weighted by Crippen LogP contribution is 2.57. The van der Waals surface area contributed by atoms with Gasteiger partial charge in [-0.2, -0.15) is 0 Å². The third-order valence-electron chi connectivity index (χ3n) is 14.6. The Morgan fingerprint density at radius 3 is 0.818 bits per heavy atom. The van der Waals surface area contributed by atoms with Gasteiger partial charge in [0, 0.05) is 5.41 Å². The van der Waals surface area contributed by atoms with Crippen molar-refractivity contribution in [3.05, 3.63) is 254 Å². The monoisotopic (exact) mass is 842 g/mol. The van der Waals surface area contributed by atoms with Gasteiger partial charge in [-0.25, -0.2) is 0 Å². The first-order valence-corrected chi connectivity index (χ1v) is 23.7. The van der Waals surface area contributed by atoms with Crippen LogP contribution in [0.1, 0.15) is 43.2 Å². The van der Waals surface area contributed by atoms with E-state index in [0.29, 0.717) is 0 Å². The van der Waals surface area contributed by atoms with Crippen molar-refractivity contribution in [1.29, 1.82) is 0 Å². The molecular formula is C66H50. The van der Waals surface area contributed by atoms with Crippen molar-refractivity contribution in [2.75, 3.05) is 0 Å². The summed E-state index contributed by atoms with van der Waals surface area (Å²) in [4.78, 5) is 0. The number of hydrogen-bond donors (Lipinski definition) is 0. The van der Waals surface area contributed by atoms with E-state index in [9.17, 15) is 0 Å². The van der Waals surface area contributed by atoms with Crippen molar-refractivity contribution >= 4 is 0 Å². The van der Waals surface area contributed by atoms with E-state index in [-0.39, 0.29) is 5.41 Å². The molecule has 0 bridgehead atoms. The molecule has 0 amide bonds. The Balaban J connectivity index is 0.854. The van der Waals surface area contributed by atoms with Gasteiger partial charge in [-0.05, 0) is 136 Å². The number of hydrogen-bond acceptors (Lipinski definition) is 0. The predicted molar refractivity (Wildman–Crippen MR) is 279 cm³/mol. The Bertz CT molecular complexity index is 3130. The molecule has 0 atom stereocenters. The van der Waals surface area contributed by atoms with Crippen molar-refractivity contribution in [3.63, 3.8) is 0 Å². The quantitative estimate of drug-likeness (QED) is 0.143. The minimum absolute atomic E-state index is 0.0327. The first-order chi connectivity index (χ1) is 32.7. The number of fused-ring (bicyclic) bond motifs is 5. The van der Waals surface area contributed by atoms with Gasteiger partial charge in [0.05, 0.1) is 0 Å². The van der Waals surface area contributed by atoms with Gasteiger partial charge in [-0.3, -0.25) is 0 Å². The van der Waals surface area contributed by atoms with E-state index in [0.717, 1.165) is 0 Å². The van der Waals surface area contributed by atoms with Crippen LogP contribution in [0.5, 0.6) is 0 Å². The Labute approximate surface area is 389 Å². The first kappa shape index (κ1) is 39.8. The van der Waals surface area contributed by atoms with Gasteiger partial charge < -0.3 is 0 Å². The average molecular weight is 843 g/mol. The Morgan fingerprint density at radius 2 is 0.470 bits per heavy atom. The Hall–Kier alpha value is -7.80. The molecule has 2 aliphatic carbocycles. The van der Waals surface area contributed by atoms with Crippen molar-refractivity contribution in [2.24, 2.45) is 0 Å². The molecule has 10 aromatic carbocycles. The molecule has 10 aromatic rings. The molecule has 0 saturated heterocycles. The van der Waals surface area contributed by atoms with Gasteiger partial charge in [0.2, 0.25) is 0 Å². The second kappa shape index (κ2) is 17.0. The summed E-state index contributed by atoms with van der Waals surface area (Å²) in [5, 5.41) is 0. The SMILES string of the molecule is c1ccc(-c2ccccc2-c2ccccc2-c2ccc(-c3ccc4c(c3)C3(CCCCC3)c3cc(-c5ccc(-c6ccccc6-c6ccccc6-c6ccccc6)cc5)ccc3-4)cc2)cc1. The van der Waals surface area contributed by atoms with Gasteiger partial charge in [-0.15, -0.1) is 0 Å². The summed E-state index contributed by atoms with van der Waals surface area (Å²) in [6.07, 6.45) is 6.22. The summed E-state index contributed by atoms with van der Waals surface area (Å²) >= 11 is 0. The Morgan fingerprint density at radius 1 is 0.197 bits per heavy atom. The van der Waals surface area contributed by atoms with Crippen molar-refractivity contribution in [3.8, 4) is 100 Å². The van der Waals surface area contributed by atoms with E-state index < -0.39 is 0 Å². The molecule has 2 aliphatic rings. The zero-order valence-electron chi connectivity index (χ0n) is 37.1. The van der Waals surface area contributed by atoms with Crippen LogP contribution in [0.3, 0.4) is 0 Å². The maximum Gasteiger partial charge on any atom is 0.0215 e. The predicted octanol–water partition coefficient (Wildman–Crippen LogP) is 18.3. The molecule has 0 unspecified atom stereocenters. The standard InChI is InChI=1S/C66H50/c1-4-18-48(19-5-1)54-22-8-12-26-58(54)60-28-14-10-24-56(60)50-34-30-46(31-35-50)52-38-40-62-63-41-39-53(45-65(63)66(64(62)44-52)42-16-3-17-43-66)47-32-36-51(37-33-47)57-25-11-15-29-61(57)59-27-13-9-23-55(59)49-20-6-2-7-21-49/h1-2,4-15,18-41,44-45H,3,16-17,42-43H2. The number of benzene rings is 10. The second-order valence-corrected chi connectivity index (χ2v) is 18.2. The molecule has 0 N–H and O–H groups in total. The molecule has 0 radical (unpaired) electrons. The highest BCUT2D eigenvalue weighted by atomic mass is 14.5. The molecular weight excluding hydrogens is 793 g/mol. The van der Waals surface area contributed by atoms with Crippen LogP contribution < -0.4 is 0 Å². The minimum Gasteiger partial charge on any atom is -0.0622 e. The van der Waals surface area contributed by atoms with E-state index >= 15 is 0 Å². The van der Waals surface area contributed by atoms with Gasteiger partial charge in [0.15, 0.2) is 0 Å². The maximum atomic E-state index is 2.54. The van der Waals surface area contributed by atoms with Crippen LogP contribution in [-0.2, 0) is 5.41 Å². The van der Waals surface area contributed by atoms with Gasteiger partial charge in [0.25, 0.3) is 0 Å². The van der Waals surface area contributed by atoms with Crippen LogP contribution in [0, 0.1) is 0 Å². The molecule has 0 nitrogen and oxygen atoms in total. The second-order valence-electron chi connectivity index (χ2n) is 18.2. The smallest absolute Gasteiger partial charge is 0.0215 e. The normalized spacial score (nSPS) is 13.6. The van der Waals surface area contributed by atoms with Crippen LogP contribution in [0.2, 0.25) is 0 Å². The molecule has 0 aliphatic heterocycles. The van der Waals surface area contributed by atoms with Crippen LogP contribution >= 0.6 is 0 Å². The summed E-state index contributed by atoms with van der Waals surface area (Å²) in [5.74, 6) is 0. The average Bonchev–Trinajstić information content (AvgIpc) is 3.66. The van der Waals surface area contributed by atoms with Crippen molar-refractivity contribution < 1.29 is 0 Å². The lowest BCUT2D eigenvalue weighted by molar-refractivity contribution is 0.353. The largest absolute Gasteiger partial charge is 0.0622 e. The topological polar surface area (TPSA) is 0 Å². The van der Waals surface area contributed by atoms with E-state index in [1.807, 2.05) is 0 Å². The Kier molecular flexibility index (Phi) is 10.2. The minimum atomic E-state index is 0.0327. The fraction of sp³-hybridized carbons (Fsp3) is 0.0909. The summed E-state index contributed by atoms with van der Waals surface area (Å²) in [5.41, 5.74) is 25.9. The third kappa shape index (κ3) is 7.02. The molecule has 12 rings (SSSR count). The summed E-state index contributed by atoms with van der Waals surface area (Å²) < 4.78 is 0. The molecule has 66 heavy (non-hydrogen) atoms. The van der Waals surface area contributed by atoms with Crippen molar-refractivity contribution in [1.82, 2.24) is 0 Å². The summed E-state index contributed by atoms with van der Waals surface area (Å²) in [6.45, 7) is 0. The first-order valence-electron chi connectivity index (χ1n) is 23.7. The van der Waals surface area contributed by atoms with E-state index in [1.165, 1.54) is 143 Å². The van der Waals surface area contributed by atoms with Crippen LogP contribution in [0.15, 0.2) is 243 Å². The highest BCUT2D eigenvalue weighted by Gasteiger charge is 2.44. The molecule has 1 saturated carbocycles. The van der Waals surface area contributed by atoms with Crippen molar-refractivity contribution in [2.45, 2.75) is 37.5 Å². The van der Waals surface area contributed by atoms with E-state index in [1.54, 1.807) is 0 Å². The fourth-order valence-corrected chi connectivity index (χ4v) is 11.3. The van der Waals surface area contributed by atoms with Gasteiger partial charge in [-0.1, -0.05) is 250 Å². The van der Waals surface area contributed by atoms with E-state index in [4.69, 9.17) is 0 Å². The van der Waals surface area contributed by atoms with Gasteiger partial charge in [0.1, 0.15) is 0 Å². The fourth-order valence-electron chi connectivity index (χ4n) is 11.3.